The molecule has 0 amide bonds. The second-order valence-corrected chi connectivity index (χ2v) is 10.7. The molecule has 3 aromatic rings. The molecule has 2 heteroatoms. The van der Waals surface area contributed by atoms with Gasteiger partial charge in [0.15, 0.2) is 0 Å². The van der Waals surface area contributed by atoms with Gasteiger partial charge in [0, 0.05) is 6.54 Å². The molecular formula is C32H39NO. The van der Waals surface area contributed by atoms with Crippen LogP contribution in [0.2, 0.25) is 0 Å². The van der Waals surface area contributed by atoms with Crippen molar-refractivity contribution in [2.75, 3.05) is 19.6 Å². The second-order valence-electron chi connectivity index (χ2n) is 10.7. The fourth-order valence-corrected chi connectivity index (χ4v) is 5.17. The highest BCUT2D eigenvalue weighted by Crippen LogP contribution is 2.41. The van der Waals surface area contributed by atoms with Gasteiger partial charge >= 0.3 is 0 Å². The number of nitrogens with zero attached hydrogens (tertiary/aromatic N) is 1. The second kappa shape index (κ2) is 10.7. The van der Waals surface area contributed by atoms with Crippen LogP contribution in [0.3, 0.4) is 0 Å². The summed E-state index contributed by atoms with van der Waals surface area (Å²) >= 11 is 0. The summed E-state index contributed by atoms with van der Waals surface area (Å²) in [6.07, 6.45) is 7.58. The highest BCUT2D eigenvalue weighted by atomic mass is 16.3. The Hall–Kier alpha value is -2.68. The van der Waals surface area contributed by atoms with Gasteiger partial charge in [-0.3, -0.25) is 0 Å². The summed E-state index contributed by atoms with van der Waals surface area (Å²) in [7, 11) is 0. The maximum atomic E-state index is 12.0. The standard InChI is InChI=1S/C32H39NO/c1-31(2,3)27-19-17-26(18-20-27)12-10-11-23-33-24-21-30(22-25-33)32(34,28-13-6-4-7-14-28)29-15-8-5-9-16-29/h4-10,12-20,30,34H,11,21-25H2,1-3H3. The molecule has 1 heterocycles. The molecule has 3 aromatic carbocycles. The van der Waals surface area contributed by atoms with Gasteiger partial charge < -0.3 is 10.0 Å². The lowest BCUT2D eigenvalue weighted by Crippen LogP contribution is -2.44. The predicted molar refractivity (Wildman–Crippen MR) is 144 cm³/mol. The minimum atomic E-state index is -0.937. The van der Waals surface area contributed by atoms with Gasteiger partial charge in [0.25, 0.3) is 0 Å². The minimum Gasteiger partial charge on any atom is -0.380 e. The lowest BCUT2D eigenvalue weighted by atomic mass is 9.72. The largest absolute Gasteiger partial charge is 0.380 e. The van der Waals surface area contributed by atoms with Gasteiger partial charge in [0.1, 0.15) is 5.60 Å². The molecule has 2 nitrogen and oxygen atoms in total. The van der Waals surface area contributed by atoms with E-state index in [-0.39, 0.29) is 11.3 Å². The zero-order chi connectivity index (χ0) is 24.0. The van der Waals surface area contributed by atoms with E-state index in [9.17, 15) is 5.11 Å². The van der Waals surface area contributed by atoms with Crippen LogP contribution in [0.15, 0.2) is 91.0 Å². The summed E-state index contributed by atoms with van der Waals surface area (Å²) in [5, 5.41) is 12.0. The molecule has 0 aliphatic carbocycles. The molecule has 1 N–H and O–H groups in total. The summed E-state index contributed by atoms with van der Waals surface area (Å²) in [5.74, 6) is 0.213. The van der Waals surface area contributed by atoms with Crippen LogP contribution in [-0.4, -0.2) is 29.6 Å². The Bertz CT molecular complexity index is 1000. The average Bonchev–Trinajstić information content (AvgIpc) is 2.87. The molecule has 4 rings (SSSR count). The third-order valence-corrected chi connectivity index (χ3v) is 7.31. The van der Waals surface area contributed by atoms with Crippen LogP contribution in [0.25, 0.3) is 6.08 Å². The molecule has 0 spiro atoms. The highest BCUT2D eigenvalue weighted by Gasteiger charge is 2.41. The van der Waals surface area contributed by atoms with Gasteiger partial charge in [0.2, 0.25) is 0 Å². The summed E-state index contributed by atoms with van der Waals surface area (Å²) < 4.78 is 0. The molecule has 1 aliphatic heterocycles. The van der Waals surface area contributed by atoms with Crippen LogP contribution in [0.5, 0.6) is 0 Å². The topological polar surface area (TPSA) is 23.5 Å². The SMILES string of the molecule is CC(C)(C)c1ccc(C=CCCN2CCC(C(O)(c3ccccc3)c3ccccc3)CC2)cc1. The van der Waals surface area contributed by atoms with Crippen molar-refractivity contribution in [1.29, 1.82) is 0 Å². The van der Waals surface area contributed by atoms with Crippen LogP contribution in [0.1, 0.15) is 62.3 Å². The van der Waals surface area contributed by atoms with Crippen molar-refractivity contribution in [3.8, 4) is 0 Å². The Balaban J connectivity index is 1.34. The minimum absolute atomic E-state index is 0.196. The maximum Gasteiger partial charge on any atom is 0.117 e. The summed E-state index contributed by atoms with van der Waals surface area (Å²) in [5.41, 5.74) is 3.90. The number of rotatable bonds is 7. The molecule has 0 radical (unpaired) electrons. The summed E-state index contributed by atoms with van der Waals surface area (Å²) in [6.45, 7) is 9.88. The molecule has 1 aliphatic rings. The van der Waals surface area contributed by atoms with E-state index in [4.69, 9.17) is 0 Å². The fraction of sp³-hybridized carbons (Fsp3) is 0.375. The number of likely N-dealkylation sites (tertiary alicyclic amines) is 1. The lowest BCUT2D eigenvalue weighted by molar-refractivity contribution is -0.0139. The molecule has 1 fully saturated rings. The smallest absolute Gasteiger partial charge is 0.117 e. The predicted octanol–water partition coefficient (Wildman–Crippen LogP) is 7.04. The molecule has 178 valence electrons. The summed E-state index contributed by atoms with van der Waals surface area (Å²) in [4.78, 5) is 2.54. The van der Waals surface area contributed by atoms with Crippen molar-refractivity contribution in [2.45, 2.75) is 51.0 Å². The van der Waals surface area contributed by atoms with Crippen molar-refractivity contribution < 1.29 is 5.11 Å². The Labute approximate surface area is 206 Å². The van der Waals surface area contributed by atoms with Gasteiger partial charge in [-0.1, -0.05) is 118 Å². The molecule has 0 bridgehead atoms. The van der Waals surface area contributed by atoms with Crippen molar-refractivity contribution in [2.24, 2.45) is 5.92 Å². The monoisotopic (exact) mass is 453 g/mol. The first-order valence-electron chi connectivity index (χ1n) is 12.7. The van der Waals surface area contributed by atoms with E-state index in [1.54, 1.807) is 0 Å². The fourth-order valence-electron chi connectivity index (χ4n) is 5.17. The normalized spacial score (nSPS) is 16.2. The first kappa shape index (κ1) is 24.4. The van der Waals surface area contributed by atoms with Gasteiger partial charge in [-0.2, -0.15) is 0 Å². The molecule has 0 saturated carbocycles. The van der Waals surface area contributed by atoms with E-state index in [0.717, 1.165) is 50.0 Å². The number of aliphatic hydroxyl groups is 1. The van der Waals surface area contributed by atoms with Crippen LogP contribution in [-0.2, 0) is 11.0 Å². The van der Waals surface area contributed by atoms with Crippen LogP contribution in [0, 0.1) is 5.92 Å². The Morgan fingerprint density at radius 2 is 1.29 bits per heavy atom. The molecule has 0 aromatic heterocycles. The van der Waals surface area contributed by atoms with Gasteiger partial charge in [0.05, 0.1) is 0 Å². The Morgan fingerprint density at radius 3 is 1.79 bits per heavy atom. The van der Waals surface area contributed by atoms with Crippen LogP contribution < -0.4 is 0 Å². The van der Waals surface area contributed by atoms with Crippen molar-refractivity contribution in [3.63, 3.8) is 0 Å². The van der Waals surface area contributed by atoms with Crippen molar-refractivity contribution in [3.05, 3.63) is 113 Å². The third kappa shape index (κ3) is 5.68. The van der Waals surface area contributed by atoms with E-state index in [2.05, 4.69) is 86.4 Å². The Kier molecular flexibility index (Phi) is 7.70. The number of benzene rings is 3. The quantitative estimate of drug-likeness (QED) is 0.415. The van der Waals surface area contributed by atoms with Crippen molar-refractivity contribution >= 4 is 6.08 Å². The first-order valence-corrected chi connectivity index (χ1v) is 12.7. The highest BCUT2D eigenvalue weighted by molar-refractivity contribution is 5.50. The van der Waals surface area contributed by atoms with E-state index in [1.807, 2.05) is 36.4 Å². The lowest BCUT2D eigenvalue weighted by Gasteiger charge is -2.42. The zero-order valence-electron chi connectivity index (χ0n) is 21.0. The third-order valence-electron chi connectivity index (χ3n) is 7.31. The van der Waals surface area contributed by atoms with Gasteiger partial charge in [-0.25, -0.2) is 0 Å². The van der Waals surface area contributed by atoms with E-state index in [0.29, 0.717) is 0 Å². The Morgan fingerprint density at radius 1 is 0.765 bits per heavy atom. The first-order chi connectivity index (χ1) is 16.4. The molecule has 0 atom stereocenters. The van der Waals surface area contributed by atoms with Crippen molar-refractivity contribution in [1.82, 2.24) is 4.90 Å². The number of hydrogen-bond donors (Lipinski definition) is 1. The van der Waals surface area contributed by atoms with Crippen LogP contribution in [0.4, 0.5) is 0 Å². The van der Waals surface area contributed by atoms with E-state index in [1.165, 1.54) is 11.1 Å². The van der Waals surface area contributed by atoms with Gasteiger partial charge in [-0.05, 0) is 65.9 Å². The van der Waals surface area contributed by atoms with E-state index < -0.39 is 5.60 Å². The molecule has 34 heavy (non-hydrogen) atoms. The number of hydrogen-bond acceptors (Lipinski definition) is 2. The average molecular weight is 454 g/mol. The molecular weight excluding hydrogens is 414 g/mol. The number of piperidine rings is 1. The van der Waals surface area contributed by atoms with Gasteiger partial charge in [-0.15, -0.1) is 0 Å². The summed E-state index contributed by atoms with van der Waals surface area (Å²) in [6, 6.07) is 29.3. The van der Waals surface area contributed by atoms with E-state index >= 15 is 0 Å². The van der Waals surface area contributed by atoms with Crippen LogP contribution >= 0.6 is 0 Å². The molecule has 1 saturated heterocycles. The molecule has 0 unspecified atom stereocenters. The maximum absolute atomic E-state index is 12.0. The zero-order valence-corrected chi connectivity index (χ0v) is 21.0.